The van der Waals surface area contributed by atoms with Gasteiger partial charge in [-0.1, -0.05) is 0 Å². The molecule has 0 radical (unpaired) electrons. The molecule has 9 heavy (non-hydrogen) atoms. The van der Waals surface area contributed by atoms with Crippen LogP contribution in [-0.2, 0) is 4.79 Å². The summed E-state index contributed by atoms with van der Waals surface area (Å²) in [6, 6.07) is 0. The van der Waals surface area contributed by atoms with E-state index in [-0.39, 0.29) is 12.5 Å². The molecular weight excluding hydrogens is 120 g/mol. The fourth-order valence-corrected chi connectivity index (χ4v) is 0.678. The van der Waals surface area contributed by atoms with Gasteiger partial charge in [0.05, 0.1) is 12.0 Å². The Labute approximate surface area is 53.2 Å². The number of rotatable bonds is 1. The summed E-state index contributed by atoms with van der Waals surface area (Å²) in [4.78, 5) is 10.8. The lowest BCUT2D eigenvalue weighted by molar-refractivity contribution is -0.128. The molecule has 1 heterocycles. The number of amides is 1. The van der Waals surface area contributed by atoms with E-state index < -0.39 is 5.41 Å². The van der Waals surface area contributed by atoms with E-state index in [1.807, 2.05) is 0 Å². The minimum absolute atomic E-state index is 0.105. The number of nitrogens with one attached hydrogen (secondary N) is 2. The Balaban J connectivity index is 2.67. The third-order valence-electron chi connectivity index (χ3n) is 1.58. The second-order valence-corrected chi connectivity index (χ2v) is 2.53. The van der Waals surface area contributed by atoms with Crippen LogP contribution < -0.4 is 10.9 Å². The number of hydrogen-bond acceptors (Lipinski definition) is 3. The normalized spacial score (nSPS) is 34.7. The van der Waals surface area contributed by atoms with Gasteiger partial charge in [-0.15, -0.1) is 0 Å². The molecule has 1 aliphatic rings. The van der Waals surface area contributed by atoms with E-state index in [0.29, 0.717) is 6.54 Å². The molecule has 0 aromatic carbocycles. The number of carbonyl (C=O) groups excluding carboxylic acids is 1. The highest BCUT2D eigenvalue weighted by Gasteiger charge is 2.36. The van der Waals surface area contributed by atoms with E-state index in [1.54, 1.807) is 6.92 Å². The highest BCUT2D eigenvalue weighted by Crippen LogP contribution is 2.16. The molecule has 0 unspecified atom stereocenters. The maximum atomic E-state index is 10.8. The van der Waals surface area contributed by atoms with Gasteiger partial charge >= 0.3 is 0 Å². The molecule has 1 atom stereocenters. The number of aliphatic hydroxyl groups is 1. The molecule has 1 fully saturated rings. The van der Waals surface area contributed by atoms with Crippen LogP contribution in [0, 0.1) is 5.41 Å². The molecule has 3 N–H and O–H groups in total. The Morgan fingerprint density at radius 1 is 1.89 bits per heavy atom. The predicted molar refractivity (Wildman–Crippen MR) is 31.3 cm³/mol. The van der Waals surface area contributed by atoms with Crippen LogP contribution in [0.15, 0.2) is 0 Å². The highest BCUT2D eigenvalue weighted by molar-refractivity contribution is 5.83. The average molecular weight is 130 g/mol. The lowest BCUT2D eigenvalue weighted by atomic mass is 9.93. The first-order valence-electron chi connectivity index (χ1n) is 2.83. The summed E-state index contributed by atoms with van der Waals surface area (Å²) in [7, 11) is 0. The monoisotopic (exact) mass is 130 g/mol. The van der Waals surface area contributed by atoms with Crippen LogP contribution in [0.2, 0.25) is 0 Å². The summed E-state index contributed by atoms with van der Waals surface area (Å²) in [5.41, 5.74) is 4.45. The molecule has 0 aromatic rings. The summed E-state index contributed by atoms with van der Waals surface area (Å²) < 4.78 is 0. The zero-order valence-corrected chi connectivity index (χ0v) is 5.27. The van der Waals surface area contributed by atoms with Gasteiger partial charge in [0, 0.05) is 6.54 Å². The van der Waals surface area contributed by atoms with Crippen LogP contribution in [0.1, 0.15) is 6.92 Å². The van der Waals surface area contributed by atoms with E-state index >= 15 is 0 Å². The number of carbonyl (C=O) groups is 1. The van der Waals surface area contributed by atoms with Gasteiger partial charge in [0.25, 0.3) is 0 Å². The van der Waals surface area contributed by atoms with E-state index in [4.69, 9.17) is 5.11 Å². The van der Waals surface area contributed by atoms with Crippen LogP contribution in [0.25, 0.3) is 0 Å². The van der Waals surface area contributed by atoms with Crippen LogP contribution in [0.4, 0.5) is 0 Å². The topological polar surface area (TPSA) is 61.4 Å². The fourth-order valence-electron chi connectivity index (χ4n) is 0.678. The summed E-state index contributed by atoms with van der Waals surface area (Å²) in [6.07, 6.45) is 0. The van der Waals surface area contributed by atoms with Crippen molar-refractivity contribution in [1.29, 1.82) is 0 Å². The maximum Gasteiger partial charge on any atom is 0.243 e. The molecule has 1 amide bonds. The molecule has 1 saturated heterocycles. The third kappa shape index (κ3) is 0.906. The molecule has 0 saturated carbocycles. The van der Waals surface area contributed by atoms with Gasteiger partial charge < -0.3 is 5.11 Å². The Kier molecular flexibility index (Phi) is 1.42. The Morgan fingerprint density at radius 3 is 2.78 bits per heavy atom. The predicted octanol–water partition coefficient (Wildman–Crippen LogP) is -1.38. The van der Waals surface area contributed by atoms with Gasteiger partial charge in [-0.25, -0.2) is 5.43 Å². The Morgan fingerprint density at radius 2 is 2.56 bits per heavy atom. The number of aliphatic hydroxyl groups excluding tert-OH is 1. The Hall–Kier alpha value is -0.610. The van der Waals surface area contributed by atoms with Gasteiger partial charge in [-0.05, 0) is 6.92 Å². The summed E-state index contributed by atoms with van der Waals surface area (Å²) >= 11 is 0. The van der Waals surface area contributed by atoms with Crippen molar-refractivity contribution in [3.05, 3.63) is 0 Å². The average Bonchev–Trinajstić information content (AvgIpc) is 2.15. The van der Waals surface area contributed by atoms with Crippen molar-refractivity contribution in [2.45, 2.75) is 6.92 Å². The van der Waals surface area contributed by atoms with Crippen molar-refractivity contribution in [2.75, 3.05) is 13.2 Å². The molecule has 4 heteroatoms. The molecule has 4 nitrogen and oxygen atoms in total. The van der Waals surface area contributed by atoms with Crippen molar-refractivity contribution in [3.8, 4) is 0 Å². The van der Waals surface area contributed by atoms with Crippen molar-refractivity contribution < 1.29 is 9.90 Å². The first-order chi connectivity index (χ1) is 4.19. The lowest BCUT2D eigenvalue weighted by Gasteiger charge is -2.13. The molecule has 0 aromatic heterocycles. The minimum Gasteiger partial charge on any atom is -0.395 e. The molecule has 1 rings (SSSR count). The zero-order valence-electron chi connectivity index (χ0n) is 5.27. The third-order valence-corrected chi connectivity index (χ3v) is 1.58. The SMILES string of the molecule is C[C@]1(CO)CNNC1=O. The van der Waals surface area contributed by atoms with Crippen molar-refractivity contribution >= 4 is 5.91 Å². The van der Waals surface area contributed by atoms with Gasteiger partial charge in [0.2, 0.25) is 5.91 Å². The van der Waals surface area contributed by atoms with E-state index in [2.05, 4.69) is 10.9 Å². The van der Waals surface area contributed by atoms with Crippen molar-refractivity contribution in [2.24, 2.45) is 5.41 Å². The standard InChI is InChI=1S/C5H10N2O2/c1-5(3-8)2-6-7-4(5)9/h6,8H,2-3H2,1H3,(H,7,9)/t5-/m1/s1. The molecule has 1 aliphatic heterocycles. The van der Waals surface area contributed by atoms with Crippen molar-refractivity contribution in [3.63, 3.8) is 0 Å². The first-order valence-corrected chi connectivity index (χ1v) is 2.83. The number of hydrazine groups is 1. The van der Waals surface area contributed by atoms with Gasteiger partial charge in [0.15, 0.2) is 0 Å². The van der Waals surface area contributed by atoms with Gasteiger partial charge in [-0.2, -0.15) is 0 Å². The quantitative estimate of drug-likeness (QED) is 0.410. The van der Waals surface area contributed by atoms with E-state index in [1.165, 1.54) is 0 Å². The van der Waals surface area contributed by atoms with Crippen LogP contribution in [0.3, 0.4) is 0 Å². The van der Waals surface area contributed by atoms with Crippen molar-refractivity contribution in [1.82, 2.24) is 10.9 Å². The Bertz CT molecular complexity index is 137. The molecule has 0 aliphatic carbocycles. The summed E-state index contributed by atoms with van der Waals surface area (Å²) in [5.74, 6) is -0.134. The largest absolute Gasteiger partial charge is 0.395 e. The summed E-state index contributed by atoms with van der Waals surface area (Å²) in [5, 5.41) is 8.69. The number of hydrogen-bond donors (Lipinski definition) is 3. The molecule has 0 bridgehead atoms. The fraction of sp³-hybridized carbons (Fsp3) is 0.800. The van der Waals surface area contributed by atoms with E-state index in [0.717, 1.165) is 0 Å². The molecule has 0 spiro atoms. The first kappa shape index (κ1) is 6.51. The zero-order chi connectivity index (χ0) is 6.91. The highest BCUT2D eigenvalue weighted by atomic mass is 16.3. The van der Waals surface area contributed by atoms with Gasteiger partial charge in [-0.3, -0.25) is 10.2 Å². The maximum absolute atomic E-state index is 10.8. The lowest BCUT2D eigenvalue weighted by Crippen LogP contribution is -2.33. The second-order valence-electron chi connectivity index (χ2n) is 2.53. The van der Waals surface area contributed by atoms with Crippen LogP contribution in [0.5, 0.6) is 0 Å². The second kappa shape index (κ2) is 1.97. The molecule has 52 valence electrons. The smallest absolute Gasteiger partial charge is 0.243 e. The van der Waals surface area contributed by atoms with Gasteiger partial charge in [0.1, 0.15) is 0 Å². The minimum atomic E-state index is -0.611. The van der Waals surface area contributed by atoms with Crippen LogP contribution in [-0.4, -0.2) is 24.2 Å². The summed E-state index contributed by atoms with van der Waals surface area (Å²) in [6.45, 7) is 2.11. The van der Waals surface area contributed by atoms with Crippen LogP contribution >= 0.6 is 0 Å². The van der Waals surface area contributed by atoms with E-state index in [9.17, 15) is 4.79 Å². The molecular formula is C5H10N2O2.